The van der Waals surface area contributed by atoms with Gasteiger partial charge in [-0.05, 0) is 34.4 Å². The number of rotatable bonds is 8. The zero-order valence-electron chi connectivity index (χ0n) is 19.2. The van der Waals surface area contributed by atoms with E-state index in [9.17, 15) is 14.8 Å². The van der Waals surface area contributed by atoms with Crippen molar-refractivity contribution in [2.45, 2.75) is 78.7 Å². The van der Waals surface area contributed by atoms with E-state index in [4.69, 9.17) is 4.74 Å². The first-order chi connectivity index (χ1) is 13.5. The maximum absolute atomic E-state index is 13.2. The standard InChI is InChI=1S/C23H35NO5/c1-13(2)17-10-18(14(3)4)22(19(11-17)15(5)6)16(7)24(27)20(23(26)29-9)12-21(25)28-8/h10-11,13-16H,12H2,1-9H3/b24-20+/t16-/m1/s1. The molecule has 0 amide bonds. The number of benzene rings is 1. The number of carbonyl (C=O) groups is 2. The van der Waals surface area contributed by atoms with Crippen molar-refractivity contribution in [2.24, 2.45) is 0 Å². The minimum absolute atomic E-state index is 0.194. The zero-order chi connectivity index (χ0) is 22.5. The Balaban J connectivity index is 3.76. The fraction of sp³-hybridized carbons (Fsp3) is 0.609. The van der Waals surface area contributed by atoms with Crippen molar-refractivity contribution >= 4 is 17.7 Å². The van der Waals surface area contributed by atoms with Gasteiger partial charge >= 0.3 is 11.9 Å². The molecule has 0 N–H and O–H groups in total. The van der Waals surface area contributed by atoms with Crippen LogP contribution in [0.4, 0.5) is 0 Å². The van der Waals surface area contributed by atoms with Gasteiger partial charge in [0.1, 0.15) is 6.42 Å². The molecule has 0 fully saturated rings. The van der Waals surface area contributed by atoms with E-state index in [1.807, 2.05) is 0 Å². The molecule has 1 aromatic rings. The Bertz CT molecular complexity index is 748. The maximum Gasteiger partial charge on any atom is 0.400 e. The summed E-state index contributed by atoms with van der Waals surface area (Å²) >= 11 is 0. The molecule has 0 aliphatic carbocycles. The Morgan fingerprint density at radius 3 is 1.72 bits per heavy atom. The first-order valence-electron chi connectivity index (χ1n) is 10.1. The molecule has 0 saturated carbocycles. The Morgan fingerprint density at radius 2 is 1.38 bits per heavy atom. The number of hydrogen-bond donors (Lipinski definition) is 0. The summed E-state index contributed by atoms with van der Waals surface area (Å²) in [5.41, 5.74) is 4.02. The van der Waals surface area contributed by atoms with Crippen LogP contribution < -0.4 is 0 Å². The molecule has 0 radical (unpaired) electrons. The van der Waals surface area contributed by atoms with Crippen LogP contribution in [0.2, 0.25) is 0 Å². The van der Waals surface area contributed by atoms with Gasteiger partial charge in [-0.3, -0.25) is 4.79 Å². The lowest BCUT2D eigenvalue weighted by Gasteiger charge is -2.26. The third-order valence-corrected chi connectivity index (χ3v) is 5.17. The molecule has 29 heavy (non-hydrogen) atoms. The summed E-state index contributed by atoms with van der Waals surface area (Å²) in [5, 5.41) is 13.2. The van der Waals surface area contributed by atoms with E-state index < -0.39 is 24.4 Å². The van der Waals surface area contributed by atoms with Crippen molar-refractivity contribution in [3.05, 3.63) is 39.6 Å². The van der Waals surface area contributed by atoms with E-state index in [0.717, 1.165) is 16.7 Å². The minimum Gasteiger partial charge on any atom is -0.623 e. The monoisotopic (exact) mass is 405 g/mol. The highest BCUT2D eigenvalue weighted by molar-refractivity contribution is 6.37. The molecule has 1 atom stereocenters. The molecule has 0 saturated heterocycles. The Labute approximate surface area is 174 Å². The molecule has 6 heteroatoms. The van der Waals surface area contributed by atoms with E-state index in [2.05, 4.69) is 58.4 Å². The molecule has 0 unspecified atom stereocenters. The average Bonchev–Trinajstić information content (AvgIpc) is 2.68. The number of esters is 2. The second-order valence-electron chi connectivity index (χ2n) is 8.27. The number of ether oxygens (including phenoxy) is 2. The van der Waals surface area contributed by atoms with Gasteiger partial charge < -0.3 is 14.7 Å². The first kappa shape index (κ1) is 24.7. The summed E-state index contributed by atoms with van der Waals surface area (Å²) in [6.45, 7) is 14.4. The highest BCUT2D eigenvalue weighted by Crippen LogP contribution is 2.36. The van der Waals surface area contributed by atoms with E-state index in [1.54, 1.807) is 6.92 Å². The molecule has 0 aromatic heterocycles. The summed E-state index contributed by atoms with van der Waals surface area (Å²) in [4.78, 5) is 24.0. The van der Waals surface area contributed by atoms with Crippen molar-refractivity contribution < 1.29 is 23.8 Å². The van der Waals surface area contributed by atoms with Gasteiger partial charge in [0.05, 0.1) is 14.2 Å². The van der Waals surface area contributed by atoms with Crippen LogP contribution >= 0.6 is 0 Å². The summed E-state index contributed by atoms with van der Waals surface area (Å²) in [7, 11) is 2.41. The summed E-state index contributed by atoms with van der Waals surface area (Å²) in [6.07, 6.45) is -0.435. The summed E-state index contributed by atoms with van der Waals surface area (Å²) in [6, 6.07) is 3.64. The summed E-state index contributed by atoms with van der Waals surface area (Å²) < 4.78 is 9.99. The average molecular weight is 406 g/mol. The van der Waals surface area contributed by atoms with Crippen molar-refractivity contribution in [2.75, 3.05) is 14.2 Å². The lowest BCUT2D eigenvalue weighted by Crippen LogP contribution is -2.31. The van der Waals surface area contributed by atoms with Crippen LogP contribution in [0.1, 0.15) is 101 Å². The topological polar surface area (TPSA) is 78.7 Å². The van der Waals surface area contributed by atoms with Crippen LogP contribution in [0, 0.1) is 5.21 Å². The molecule has 0 bridgehead atoms. The summed E-state index contributed by atoms with van der Waals surface area (Å²) in [5.74, 6) is -0.747. The fourth-order valence-corrected chi connectivity index (χ4v) is 3.41. The Kier molecular flexibility index (Phi) is 8.86. The van der Waals surface area contributed by atoms with Crippen LogP contribution in [-0.4, -0.2) is 36.6 Å². The minimum atomic E-state index is -0.826. The van der Waals surface area contributed by atoms with Gasteiger partial charge in [-0.25, -0.2) is 4.79 Å². The van der Waals surface area contributed by atoms with E-state index in [-0.39, 0.29) is 17.5 Å². The smallest absolute Gasteiger partial charge is 0.400 e. The molecular weight excluding hydrogens is 370 g/mol. The fourth-order valence-electron chi connectivity index (χ4n) is 3.41. The predicted octanol–water partition coefficient (Wildman–Crippen LogP) is 4.81. The molecule has 162 valence electrons. The molecule has 1 aromatic carbocycles. The van der Waals surface area contributed by atoms with Crippen LogP contribution in [0.3, 0.4) is 0 Å². The van der Waals surface area contributed by atoms with Gasteiger partial charge in [0.15, 0.2) is 6.04 Å². The van der Waals surface area contributed by atoms with Gasteiger partial charge in [-0.1, -0.05) is 53.7 Å². The Morgan fingerprint density at radius 1 is 0.897 bits per heavy atom. The van der Waals surface area contributed by atoms with Crippen LogP contribution in [0.5, 0.6) is 0 Å². The second kappa shape index (κ2) is 10.4. The van der Waals surface area contributed by atoms with Crippen molar-refractivity contribution in [1.29, 1.82) is 0 Å². The third kappa shape index (κ3) is 5.81. The number of hydroxylamine groups is 1. The van der Waals surface area contributed by atoms with E-state index in [1.165, 1.54) is 19.8 Å². The molecule has 0 heterocycles. The van der Waals surface area contributed by atoms with Gasteiger partial charge in [-0.15, -0.1) is 0 Å². The molecule has 0 aliphatic rings. The second-order valence-corrected chi connectivity index (χ2v) is 8.27. The van der Waals surface area contributed by atoms with Gasteiger partial charge in [0, 0.05) is 12.5 Å². The molecule has 1 rings (SSSR count). The molecule has 0 aliphatic heterocycles. The molecular formula is C23H35NO5. The number of hydrogen-bond acceptors (Lipinski definition) is 5. The first-order valence-corrected chi connectivity index (χ1v) is 10.1. The molecule has 0 spiro atoms. The van der Waals surface area contributed by atoms with Crippen molar-refractivity contribution in [1.82, 2.24) is 0 Å². The normalized spacial score (nSPS) is 13.5. The van der Waals surface area contributed by atoms with Crippen molar-refractivity contribution in [3.8, 4) is 0 Å². The number of nitrogens with zero attached hydrogens (tertiary/aromatic N) is 1. The van der Waals surface area contributed by atoms with Gasteiger partial charge in [0.25, 0.3) is 5.71 Å². The highest BCUT2D eigenvalue weighted by Gasteiger charge is 2.32. The van der Waals surface area contributed by atoms with Crippen LogP contribution in [0.15, 0.2) is 12.1 Å². The van der Waals surface area contributed by atoms with E-state index >= 15 is 0 Å². The maximum atomic E-state index is 13.2. The van der Waals surface area contributed by atoms with Crippen LogP contribution in [0.25, 0.3) is 0 Å². The van der Waals surface area contributed by atoms with Gasteiger partial charge in [-0.2, -0.15) is 4.74 Å². The third-order valence-electron chi connectivity index (χ3n) is 5.17. The number of carbonyl (C=O) groups excluding carboxylic acids is 2. The largest absolute Gasteiger partial charge is 0.623 e. The van der Waals surface area contributed by atoms with Crippen LogP contribution in [-0.2, 0) is 19.1 Å². The van der Waals surface area contributed by atoms with Crippen molar-refractivity contribution in [3.63, 3.8) is 0 Å². The zero-order valence-corrected chi connectivity index (χ0v) is 19.2. The SMILES string of the molecule is COC(=O)C/C(C(=O)OC)=[N+](\[O-])[C@H](C)c1c(C(C)C)cc(C(C)C)cc1C(C)C. The Hall–Kier alpha value is -2.37. The van der Waals surface area contributed by atoms with Gasteiger partial charge in [0.2, 0.25) is 0 Å². The lowest BCUT2D eigenvalue weighted by molar-refractivity contribution is -0.503. The quantitative estimate of drug-likeness (QED) is 0.204. The number of methoxy groups -OCH3 is 2. The van der Waals surface area contributed by atoms with E-state index in [0.29, 0.717) is 10.7 Å². The highest BCUT2D eigenvalue weighted by atomic mass is 16.5. The molecule has 6 nitrogen and oxygen atoms in total. The predicted molar refractivity (Wildman–Crippen MR) is 114 cm³/mol. The lowest BCUT2D eigenvalue weighted by atomic mass is 9.82.